The summed E-state index contributed by atoms with van der Waals surface area (Å²) >= 11 is 0. The summed E-state index contributed by atoms with van der Waals surface area (Å²) in [5.74, 6) is -0.178. The molecule has 2 aromatic rings. The van der Waals surface area contributed by atoms with Crippen molar-refractivity contribution in [3.63, 3.8) is 0 Å². The molecule has 2 heterocycles. The smallest absolute Gasteiger partial charge is 0.373 e. The van der Waals surface area contributed by atoms with E-state index < -0.39 is 18.0 Å². The molecule has 3 rings (SSSR count). The Morgan fingerprint density at radius 1 is 1.11 bits per heavy atom. The van der Waals surface area contributed by atoms with Gasteiger partial charge < -0.3 is 14.1 Å². The Morgan fingerprint density at radius 2 is 1.89 bits per heavy atom. The van der Waals surface area contributed by atoms with Crippen molar-refractivity contribution in [2.75, 3.05) is 33.3 Å². The fourth-order valence-corrected chi connectivity index (χ4v) is 3.17. The first-order valence-corrected chi connectivity index (χ1v) is 8.95. The second-order valence-electron chi connectivity index (χ2n) is 6.49. The number of furan rings is 1. The number of benzene rings is 1. The Balaban J connectivity index is 1.56. The molecule has 6 nitrogen and oxygen atoms in total. The first kappa shape index (κ1) is 19.1. The van der Waals surface area contributed by atoms with Gasteiger partial charge in [-0.3, -0.25) is 9.69 Å². The average molecular weight is 374 g/mol. The van der Waals surface area contributed by atoms with Crippen LogP contribution in [0.2, 0.25) is 0 Å². The molecular formula is C20H23FN2O4. The second kappa shape index (κ2) is 8.81. The molecule has 0 bridgehead atoms. The first-order valence-electron chi connectivity index (χ1n) is 8.95. The van der Waals surface area contributed by atoms with Crippen LogP contribution in [-0.4, -0.2) is 55.0 Å². The van der Waals surface area contributed by atoms with Crippen LogP contribution in [0.25, 0.3) is 0 Å². The fourth-order valence-electron chi connectivity index (χ4n) is 3.17. The minimum Gasteiger partial charge on any atom is -0.463 e. The van der Waals surface area contributed by atoms with Crippen LogP contribution in [-0.2, 0) is 16.1 Å². The van der Waals surface area contributed by atoms with Crippen molar-refractivity contribution < 1.29 is 23.1 Å². The van der Waals surface area contributed by atoms with Crippen LogP contribution in [0, 0.1) is 0 Å². The van der Waals surface area contributed by atoms with E-state index in [4.69, 9.17) is 4.42 Å². The number of esters is 1. The molecule has 27 heavy (non-hydrogen) atoms. The summed E-state index contributed by atoms with van der Waals surface area (Å²) in [5.41, 5.74) is 0.384. The van der Waals surface area contributed by atoms with E-state index in [2.05, 4.69) is 9.64 Å². The Morgan fingerprint density at radius 3 is 2.63 bits per heavy atom. The van der Waals surface area contributed by atoms with E-state index in [-0.39, 0.29) is 5.76 Å². The van der Waals surface area contributed by atoms with Gasteiger partial charge in [0.15, 0.2) is 0 Å². The van der Waals surface area contributed by atoms with E-state index >= 15 is 0 Å². The lowest BCUT2D eigenvalue weighted by Gasteiger charge is -2.23. The van der Waals surface area contributed by atoms with Gasteiger partial charge in [0.2, 0.25) is 11.9 Å². The Labute approximate surface area is 157 Å². The van der Waals surface area contributed by atoms with Crippen molar-refractivity contribution in [2.24, 2.45) is 0 Å². The van der Waals surface area contributed by atoms with Crippen LogP contribution in [0.4, 0.5) is 4.39 Å². The zero-order valence-corrected chi connectivity index (χ0v) is 15.3. The predicted octanol–water partition coefficient (Wildman–Crippen LogP) is 2.81. The third-order valence-corrected chi connectivity index (χ3v) is 4.64. The number of nitrogens with zero attached hydrogens (tertiary/aromatic N) is 2. The van der Waals surface area contributed by atoms with Crippen molar-refractivity contribution in [3.8, 4) is 0 Å². The molecule has 1 aliphatic rings. The first-order chi connectivity index (χ1) is 13.1. The number of amides is 1. The summed E-state index contributed by atoms with van der Waals surface area (Å²) in [4.78, 5) is 27.7. The summed E-state index contributed by atoms with van der Waals surface area (Å²) in [6, 6.07) is 11.8. The number of alkyl halides is 1. The third-order valence-electron chi connectivity index (χ3n) is 4.64. The predicted molar refractivity (Wildman–Crippen MR) is 96.8 cm³/mol. The maximum atomic E-state index is 14.5. The molecular weight excluding hydrogens is 351 g/mol. The fraction of sp³-hybridized carbons (Fsp3) is 0.400. The lowest BCUT2D eigenvalue weighted by molar-refractivity contribution is -0.136. The van der Waals surface area contributed by atoms with Gasteiger partial charge in [-0.25, -0.2) is 9.18 Å². The van der Waals surface area contributed by atoms with Gasteiger partial charge >= 0.3 is 5.97 Å². The summed E-state index contributed by atoms with van der Waals surface area (Å²) in [6.45, 7) is 2.88. The van der Waals surface area contributed by atoms with Gasteiger partial charge in [0, 0.05) is 26.2 Å². The van der Waals surface area contributed by atoms with Crippen LogP contribution >= 0.6 is 0 Å². The number of methoxy groups -OCH3 is 1. The van der Waals surface area contributed by atoms with Crippen LogP contribution in [0.15, 0.2) is 46.9 Å². The highest BCUT2D eigenvalue weighted by molar-refractivity contribution is 5.86. The summed E-state index contributed by atoms with van der Waals surface area (Å²) in [5, 5.41) is 0. The Kier molecular flexibility index (Phi) is 6.24. The molecule has 1 saturated heterocycles. The Bertz CT molecular complexity index is 777. The minimum absolute atomic E-state index is 0.169. The highest BCUT2D eigenvalue weighted by atomic mass is 19.1. The number of ether oxygens (including phenoxy) is 1. The van der Waals surface area contributed by atoms with E-state index in [1.54, 1.807) is 47.4 Å². The lowest BCUT2D eigenvalue weighted by atomic mass is 10.1. The van der Waals surface area contributed by atoms with Gasteiger partial charge in [0.1, 0.15) is 5.76 Å². The quantitative estimate of drug-likeness (QED) is 0.753. The maximum Gasteiger partial charge on any atom is 0.373 e. The van der Waals surface area contributed by atoms with Crippen LogP contribution in [0.1, 0.15) is 34.5 Å². The number of carbonyl (C=O) groups excluding carboxylic acids is 2. The van der Waals surface area contributed by atoms with Gasteiger partial charge in [-0.1, -0.05) is 30.3 Å². The van der Waals surface area contributed by atoms with Gasteiger partial charge in [-0.15, -0.1) is 0 Å². The van der Waals surface area contributed by atoms with Crippen molar-refractivity contribution in [1.82, 2.24) is 9.80 Å². The van der Waals surface area contributed by atoms with Gasteiger partial charge in [0.25, 0.3) is 5.91 Å². The molecule has 7 heteroatoms. The van der Waals surface area contributed by atoms with E-state index in [9.17, 15) is 14.0 Å². The van der Waals surface area contributed by atoms with Crippen LogP contribution < -0.4 is 0 Å². The topological polar surface area (TPSA) is 63.0 Å². The van der Waals surface area contributed by atoms with Gasteiger partial charge in [-0.05, 0) is 24.1 Å². The largest absolute Gasteiger partial charge is 0.463 e. The minimum atomic E-state index is -1.63. The van der Waals surface area contributed by atoms with E-state index in [1.165, 1.54) is 7.11 Å². The molecule has 1 aromatic carbocycles. The maximum absolute atomic E-state index is 14.5. The van der Waals surface area contributed by atoms with Crippen molar-refractivity contribution in [2.45, 2.75) is 19.1 Å². The van der Waals surface area contributed by atoms with Crippen molar-refractivity contribution in [1.29, 1.82) is 0 Å². The average Bonchev–Trinajstić information content (AvgIpc) is 3.05. The monoisotopic (exact) mass is 374 g/mol. The molecule has 1 atom stereocenters. The summed E-state index contributed by atoms with van der Waals surface area (Å²) in [6.07, 6.45) is -0.886. The standard InChI is InChI=1S/C20H23FN2O4/c1-26-20(25)17-9-8-16(27-17)14-22-10-5-11-23(13-12-22)19(24)18(21)15-6-3-2-4-7-15/h2-4,6-9,18H,5,10-14H2,1H3. The van der Waals surface area contributed by atoms with Gasteiger partial charge in [-0.2, -0.15) is 0 Å². The molecule has 0 radical (unpaired) electrons. The molecule has 0 N–H and O–H groups in total. The van der Waals surface area contributed by atoms with Crippen molar-refractivity contribution in [3.05, 3.63) is 59.5 Å². The zero-order valence-electron chi connectivity index (χ0n) is 15.3. The Hall–Kier alpha value is -2.67. The number of rotatable bonds is 5. The molecule has 0 aliphatic carbocycles. The lowest BCUT2D eigenvalue weighted by Crippen LogP contribution is -2.37. The highest BCUT2D eigenvalue weighted by Gasteiger charge is 2.27. The van der Waals surface area contributed by atoms with Crippen molar-refractivity contribution >= 4 is 11.9 Å². The van der Waals surface area contributed by atoms with Crippen LogP contribution in [0.5, 0.6) is 0 Å². The second-order valence-corrected chi connectivity index (χ2v) is 6.49. The number of hydrogen-bond donors (Lipinski definition) is 0. The molecule has 1 unspecified atom stereocenters. The van der Waals surface area contributed by atoms with Crippen LogP contribution in [0.3, 0.4) is 0 Å². The molecule has 0 saturated carbocycles. The van der Waals surface area contributed by atoms with E-state index in [0.717, 1.165) is 13.0 Å². The molecule has 1 aliphatic heterocycles. The van der Waals surface area contributed by atoms with E-state index in [1.807, 2.05) is 0 Å². The zero-order chi connectivity index (χ0) is 19.2. The van der Waals surface area contributed by atoms with Gasteiger partial charge in [0.05, 0.1) is 13.7 Å². The number of hydrogen-bond acceptors (Lipinski definition) is 5. The normalized spacial score (nSPS) is 16.6. The summed E-state index contributed by atoms with van der Waals surface area (Å²) < 4.78 is 24.7. The molecule has 1 amide bonds. The van der Waals surface area contributed by atoms with E-state index in [0.29, 0.717) is 37.5 Å². The molecule has 144 valence electrons. The molecule has 1 fully saturated rings. The molecule has 0 spiro atoms. The molecule has 1 aromatic heterocycles. The number of carbonyl (C=O) groups is 2. The summed E-state index contributed by atoms with van der Waals surface area (Å²) in [7, 11) is 1.30. The number of halogens is 1. The SMILES string of the molecule is COC(=O)c1ccc(CN2CCCN(C(=O)C(F)c3ccccc3)CC2)o1. The highest BCUT2D eigenvalue weighted by Crippen LogP contribution is 2.21. The third kappa shape index (κ3) is 4.74.